The molecule has 0 aliphatic carbocycles. The first-order valence-corrected chi connectivity index (χ1v) is 20.8. The van der Waals surface area contributed by atoms with Crippen molar-refractivity contribution in [3.05, 3.63) is 125 Å². The van der Waals surface area contributed by atoms with Crippen molar-refractivity contribution in [1.29, 1.82) is 0 Å². The topological polar surface area (TPSA) is 101 Å². The number of piperidine rings is 2. The van der Waals surface area contributed by atoms with Crippen LogP contribution in [-0.2, 0) is 27.3 Å². The van der Waals surface area contributed by atoms with Crippen molar-refractivity contribution in [3.63, 3.8) is 0 Å². The number of ether oxygens (including phenoxy) is 4. The molecule has 6 rings (SSSR count). The predicted octanol–water partition coefficient (Wildman–Crippen LogP) is 9.06. The van der Waals surface area contributed by atoms with E-state index in [-0.39, 0.29) is 11.8 Å². The Morgan fingerprint density at radius 1 is 0.589 bits per heavy atom. The minimum Gasteiger partial charge on any atom is -0.489 e. The van der Waals surface area contributed by atoms with Crippen molar-refractivity contribution in [1.82, 2.24) is 10.6 Å². The number of aliphatic hydroxyl groups is 2. The maximum absolute atomic E-state index is 12.0. The molecule has 2 unspecified atom stereocenters. The third-order valence-electron chi connectivity index (χ3n) is 11.5. The van der Waals surface area contributed by atoms with Crippen molar-refractivity contribution < 1.29 is 29.2 Å². The number of para-hydroxylation sites is 3. The van der Waals surface area contributed by atoms with Crippen LogP contribution in [0.3, 0.4) is 0 Å². The average molecular weight is 767 g/mol. The molecule has 2 saturated heterocycles. The Kier molecular flexibility index (Phi) is 17.7. The van der Waals surface area contributed by atoms with E-state index < -0.39 is 11.2 Å². The van der Waals surface area contributed by atoms with Crippen LogP contribution in [0.15, 0.2) is 103 Å². The summed E-state index contributed by atoms with van der Waals surface area (Å²) < 4.78 is 22.9. The van der Waals surface area contributed by atoms with E-state index in [2.05, 4.69) is 22.8 Å². The van der Waals surface area contributed by atoms with Crippen LogP contribution in [-0.4, -0.2) is 63.8 Å². The van der Waals surface area contributed by atoms with Gasteiger partial charge < -0.3 is 39.8 Å². The zero-order valence-electron chi connectivity index (χ0n) is 34.0. The Morgan fingerprint density at radius 2 is 1.07 bits per heavy atom. The number of rotatable bonds is 19. The molecule has 8 nitrogen and oxygen atoms in total. The van der Waals surface area contributed by atoms with Crippen LogP contribution in [0.1, 0.15) is 86.5 Å². The summed E-state index contributed by atoms with van der Waals surface area (Å²) in [5, 5.41) is 30.8. The molecule has 4 aromatic rings. The molecule has 2 fully saturated rings. The molecule has 0 spiro atoms. The highest BCUT2D eigenvalue weighted by atomic mass is 16.5. The first-order valence-electron chi connectivity index (χ1n) is 20.8. The van der Waals surface area contributed by atoms with Gasteiger partial charge in [0.2, 0.25) is 0 Å². The predicted molar refractivity (Wildman–Crippen MR) is 225 cm³/mol. The molecule has 2 aliphatic heterocycles. The van der Waals surface area contributed by atoms with Crippen LogP contribution in [0.25, 0.3) is 0 Å². The third kappa shape index (κ3) is 12.1. The second-order valence-electron chi connectivity index (χ2n) is 15.5. The molecular formula is C48H66N2O6. The first-order chi connectivity index (χ1) is 27.4. The van der Waals surface area contributed by atoms with Crippen LogP contribution in [0.4, 0.5) is 0 Å². The van der Waals surface area contributed by atoms with Crippen LogP contribution in [0.5, 0.6) is 17.2 Å². The zero-order valence-corrected chi connectivity index (χ0v) is 34.0. The van der Waals surface area contributed by atoms with Gasteiger partial charge in [0.25, 0.3) is 0 Å². The SMILES string of the molecule is COCCCC[C@@](O)(c1ccccc1OCc1ccccc1)C1CCCNC1.COCCCC[C@@](O)(c1ccccc1Oc1ccccc1C)C1CCCNC1. The third-order valence-corrected chi connectivity index (χ3v) is 11.5. The highest BCUT2D eigenvalue weighted by molar-refractivity contribution is 5.44. The number of unbranched alkanes of at least 4 members (excludes halogenated alkanes) is 2. The molecule has 2 aliphatic rings. The number of aryl methyl sites for hydroxylation is 1. The molecule has 2 heterocycles. The monoisotopic (exact) mass is 766 g/mol. The largest absolute Gasteiger partial charge is 0.489 e. The van der Waals surface area contributed by atoms with Gasteiger partial charge >= 0.3 is 0 Å². The van der Waals surface area contributed by atoms with E-state index in [0.717, 1.165) is 130 Å². The number of benzene rings is 4. The number of hydrogen-bond acceptors (Lipinski definition) is 8. The van der Waals surface area contributed by atoms with Crippen molar-refractivity contribution >= 4 is 0 Å². The van der Waals surface area contributed by atoms with E-state index in [0.29, 0.717) is 19.4 Å². The van der Waals surface area contributed by atoms with Gasteiger partial charge in [-0.15, -0.1) is 0 Å². The van der Waals surface area contributed by atoms with Gasteiger partial charge in [0.15, 0.2) is 0 Å². The van der Waals surface area contributed by atoms with Gasteiger partial charge in [-0.2, -0.15) is 0 Å². The van der Waals surface area contributed by atoms with Gasteiger partial charge in [0, 0.05) is 63.5 Å². The lowest BCUT2D eigenvalue weighted by Gasteiger charge is -2.40. The molecule has 0 saturated carbocycles. The Morgan fingerprint density at radius 3 is 1.59 bits per heavy atom. The van der Waals surface area contributed by atoms with Crippen LogP contribution in [0.2, 0.25) is 0 Å². The summed E-state index contributed by atoms with van der Waals surface area (Å²) >= 11 is 0. The quantitative estimate of drug-likeness (QED) is 0.0702. The van der Waals surface area contributed by atoms with E-state index in [1.807, 2.05) is 97.9 Å². The molecule has 0 radical (unpaired) electrons. The summed E-state index contributed by atoms with van der Waals surface area (Å²) in [5.41, 5.74) is 2.21. The molecule has 4 N–H and O–H groups in total. The molecule has 304 valence electrons. The maximum Gasteiger partial charge on any atom is 0.133 e. The number of hydrogen-bond donors (Lipinski definition) is 4. The Hall–Kier alpha value is -3.76. The van der Waals surface area contributed by atoms with Gasteiger partial charge in [0.1, 0.15) is 23.9 Å². The Balaban J connectivity index is 0.000000214. The Bertz CT molecular complexity index is 1690. The lowest BCUT2D eigenvalue weighted by atomic mass is 9.74. The van der Waals surface area contributed by atoms with Gasteiger partial charge in [0.05, 0.1) is 11.2 Å². The van der Waals surface area contributed by atoms with Gasteiger partial charge in [-0.25, -0.2) is 0 Å². The van der Waals surface area contributed by atoms with Crippen molar-refractivity contribution in [3.8, 4) is 17.2 Å². The number of methoxy groups -OCH3 is 2. The fourth-order valence-electron chi connectivity index (χ4n) is 8.31. The van der Waals surface area contributed by atoms with Crippen molar-refractivity contribution in [2.75, 3.05) is 53.6 Å². The molecule has 4 aromatic carbocycles. The highest BCUT2D eigenvalue weighted by Crippen LogP contribution is 2.44. The molecule has 8 heteroatoms. The smallest absolute Gasteiger partial charge is 0.133 e. The molecule has 0 amide bonds. The van der Waals surface area contributed by atoms with E-state index in [1.54, 1.807) is 14.2 Å². The highest BCUT2D eigenvalue weighted by Gasteiger charge is 2.42. The zero-order chi connectivity index (χ0) is 39.5. The molecule has 0 aromatic heterocycles. The minimum atomic E-state index is -0.916. The lowest BCUT2D eigenvalue weighted by Crippen LogP contribution is -2.44. The van der Waals surface area contributed by atoms with E-state index in [1.165, 1.54) is 0 Å². The molecular weight excluding hydrogens is 701 g/mol. The fourth-order valence-corrected chi connectivity index (χ4v) is 8.31. The van der Waals surface area contributed by atoms with Gasteiger partial charge in [-0.05, 0) is 114 Å². The van der Waals surface area contributed by atoms with Crippen LogP contribution >= 0.6 is 0 Å². The van der Waals surface area contributed by atoms with Crippen LogP contribution < -0.4 is 20.1 Å². The molecule has 4 atom stereocenters. The van der Waals surface area contributed by atoms with Gasteiger partial charge in [-0.3, -0.25) is 0 Å². The van der Waals surface area contributed by atoms with Crippen molar-refractivity contribution in [2.45, 2.75) is 88.9 Å². The Labute approximate surface area is 335 Å². The second kappa shape index (κ2) is 22.8. The maximum atomic E-state index is 12.0. The average Bonchev–Trinajstić information content (AvgIpc) is 3.25. The van der Waals surface area contributed by atoms with E-state index >= 15 is 0 Å². The van der Waals surface area contributed by atoms with Crippen molar-refractivity contribution in [2.24, 2.45) is 11.8 Å². The molecule has 56 heavy (non-hydrogen) atoms. The lowest BCUT2D eigenvalue weighted by molar-refractivity contribution is -0.0455. The number of nitrogens with one attached hydrogen (secondary N) is 2. The molecule has 0 bridgehead atoms. The summed E-state index contributed by atoms with van der Waals surface area (Å²) in [6.45, 7) is 7.72. The minimum absolute atomic E-state index is 0.172. The van der Waals surface area contributed by atoms with E-state index in [9.17, 15) is 10.2 Å². The van der Waals surface area contributed by atoms with Gasteiger partial charge in [-0.1, -0.05) is 84.9 Å². The summed E-state index contributed by atoms with van der Waals surface area (Å²) in [4.78, 5) is 0. The summed E-state index contributed by atoms with van der Waals surface area (Å²) in [6.07, 6.45) is 9.39. The van der Waals surface area contributed by atoms with E-state index in [4.69, 9.17) is 18.9 Å². The summed E-state index contributed by atoms with van der Waals surface area (Å²) in [5.74, 6) is 2.72. The fraction of sp³-hybridized carbons (Fsp3) is 0.500. The second-order valence-corrected chi connectivity index (χ2v) is 15.5. The summed E-state index contributed by atoms with van der Waals surface area (Å²) in [7, 11) is 3.45. The van der Waals surface area contributed by atoms with Crippen LogP contribution in [0, 0.1) is 18.8 Å². The summed E-state index contributed by atoms with van der Waals surface area (Å²) in [6, 6.07) is 34.1. The normalized spacial score (nSPS) is 19.2. The standard InChI is InChI=1S/2C24H33NO3/c1-19-10-3-5-13-22(19)28-23-14-6-4-12-21(23)24(26,15-7-8-17-27-2)20-11-9-16-25-18-20;1-27-17-8-7-15-24(26,21-12-9-16-25-18-21)22-13-5-6-14-23(22)28-19-20-10-3-2-4-11-20/h3-6,10,12-14,20,25-26H,7-9,11,15-18H2,1-2H3;2-6,10-11,13-14,21,25-26H,7-9,12,15-19H2,1H3/t20?,24-;21?,24-/m00/s1. The first kappa shape index (κ1) is 43.4.